The molecular weight excluding hydrogens is 376 g/mol. The van der Waals surface area contributed by atoms with Gasteiger partial charge in [0.05, 0.1) is 23.5 Å². The highest BCUT2D eigenvalue weighted by atomic mass is 16.2. The third-order valence-electron chi connectivity index (χ3n) is 5.80. The lowest BCUT2D eigenvalue weighted by Crippen LogP contribution is -2.41. The number of hydrogen-bond donors (Lipinski definition) is 2. The Bertz CT molecular complexity index is 1010. The molecule has 0 radical (unpaired) electrons. The van der Waals surface area contributed by atoms with Crippen molar-refractivity contribution in [2.45, 2.75) is 45.1 Å². The number of fused-ring (bicyclic) bond motifs is 1. The zero-order valence-corrected chi connectivity index (χ0v) is 17.5. The molecule has 2 aromatic carbocycles. The van der Waals surface area contributed by atoms with Crippen molar-refractivity contribution in [3.63, 3.8) is 0 Å². The number of para-hydroxylation sites is 2. The quantitative estimate of drug-likeness (QED) is 0.678. The summed E-state index contributed by atoms with van der Waals surface area (Å²) in [5, 5.41) is 2.94. The lowest BCUT2D eigenvalue weighted by atomic mass is 9.96. The van der Waals surface area contributed by atoms with E-state index in [9.17, 15) is 9.59 Å². The molecule has 2 unspecified atom stereocenters. The Morgan fingerprint density at radius 3 is 2.70 bits per heavy atom. The van der Waals surface area contributed by atoms with Gasteiger partial charge < -0.3 is 15.2 Å². The predicted molar refractivity (Wildman–Crippen MR) is 117 cm³/mol. The van der Waals surface area contributed by atoms with E-state index in [1.165, 1.54) is 6.92 Å². The molecule has 0 saturated carbocycles. The SMILES string of the molecule is CC(=O)NC(CC(=O)N1CCCC(c2nc3ccccc3[nH]2)C1)c1ccc(C)cc1. The summed E-state index contributed by atoms with van der Waals surface area (Å²) in [5.74, 6) is 1.08. The summed E-state index contributed by atoms with van der Waals surface area (Å²) in [7, 11) is 0. The molecule has 1 aliphatic rings. The van der Waals surface area contributed by atoms with Crippen molar-refractivity contribution < 1.29 is 9.59 Å². The molecule has 1 aliphatic heterocycles. The van der Waals surface area contributed by atoms with Gasteiger partial charge in [-0.15, -0.1) is 0 Å². The van der Waals surface area contributed by atoms with Gasteiger partial charge in [-0.25, -0.2) is 4.98 Å². The normalized spacial score (nSPS) is 17.7. The second-order valence-corrected chi connectivity index (χ2v) is 8.19. The van der Waals surface area contributed by atoms with Crippen LogP contribution in [0.3, 0.4) is 0 Å². The third-order valence-corrected chi connectivity index (χ3v) is 5.80. The Morgan fingerprint density at radius 2 is 1.97 bits per heavy atom. The zero-order chi connectivity index (χ0) is 21.1. The smallest absolute Gasteiger partial charge is 0.225 e. The summed E-state index contributed by atoms with van der Waals surface area (Å²) in [6.45, 7) is 4.91. The fourth-order valence-electron chi connectivity index (χ4n) is 4.19. The van der Waals surface area contributed by atoms with Crippen LogP contribution in [0.2, 0.25) is 0 Å². The van der Waals surface area contributed by atoms with E-state index in [1.54, 1.807) is 0 Å². The van der Waals surface area contributed by atoms with Crippen molar-refractivity contribution in [3.05, 3.63) is 65.5 Å². The van der Waals surface area contributed by atoms with Gasteiger partial charge in [-0.3, -0.25) is 9.59 Å². The van der Waals surface area contributed by atoms with Crippen molar-refractivity contribution in [1.29, 1.82) is 0 Å². The summed E-state index contributed by atoms with van der Waals surface area (Å²) in [5.41, 5.74) is 4.09. The Kier molecular flexibility index (Phi) is 5.84. The molecule has 3 aromatic rings. The third kappa shape index (κ3) is 4.53. The Balaban J connectivity index is 1.47. The molecule has 30 heavy (non-hydrogen) atoms. The van der Waals surface area contributed by atoms with Crippen molar-refractivity contribution in [3.8, 4) is 0 Å². The minimum absolute atomic E-state index is 0.0649. The standard InChI is InChI=1S/C24H28N4O2/c1-16-9-11-18(12-10-16)22(25-17(2)29)14-23(30)28-13-5-6-19(15-28)24-26-20-7-3-4-8-21(20)27-24/h3-4,7-12,19,22H,5-6,13-15H2,1-2H3,(H,25,29)(H,26,27). The predicted octanol–water partition coefficient (Wildman–Crippen LogP) is 3.84. The number of aromatic amines is 1. The van der Waals surface area contributed by atoms with E-state index in [4.69, 9.17) is 4.98 Å². The van der Waals surface area contributed by atoms with E-state index in [0.29, 0.717) is 6.54 Å². The molecule has 0 aliphatic carbocycles. The van der Waals surface area contributed by atoms with Gasteiger partial charge in [0, 0.05) is 25.9 Å². The molecule has 0 spiro atoms. The van der Waals surface area contributed by atoms with Gasteiger partial charge in [-0.1, -0.05) is 42.0 Å². The van der Waals surface area contributed by atoms with E-state index in [-0.39, 0.29) is 30.2 Å². The van der Waals surface area contributed by atoms with E-state index in [1.807, 2.05) is 60.4 Å². The lowest BCUT2D eigenvalue weighted by molar-refractivity contribution is -0.133. The number of nitrogens with zero attached hydrogens (tertiary/aromatic N) is 2. The van der Waals surface area contributed by atoms with Crippen LogP contribution in [0.15, 0.2) is 48.5 Å². The van der Waals surface area contributed by atoms with E-state index in [0.717, 1.165) is 47.4 Å². The Morgan fingerprint density at radius 1 is 1.20 bits per heavy atom. The first-order valence-electron chi connectivity index (χ1n) is 10.6. The highest BCUT2D eigenvalue weighted by Gasteiger charge is 2.28. The first-order chi connectivity index (χ1) is 14.5. The number of nitrogens with one attached hydrogen (secondary N) is 2. The number of likely N-dealkylation sites (tertiary alicyclic amines) is 1. The minimum Gasteiger partial charge on any atom is -0.349 e. The summed E-state index contributed by atoms with van der Waals surface area (Å²) >= 11 is 0. The van der Waals surface area contributed by atoms with Crippen molar-refractivity contribution in [2.24, 2.45) is 0 Å². The summed E-state index contributed by atoms with van der Waals surface area (Å²) < 4.78 is 0. The monoisotopic (exact) mass is 404 g/mol. The average Bonchev–Trinajstić information content (AvgIpc) is 3.18. The molecule has 6 nitrogen and oxygen atoms in total. The number of carbonyl (C=O) groups excluding carboxylic acids is 2. The van der Waals surface area contributed by atoms with Crippen LogP contribution in [0.4, 0.5) is 0 Å². The van der Waals surface area contributed by atoms with Gasteiger partial charge in [0.2, 0.25) is 11.8 Å². The zero-order valence-electron chi connectivity index (χ0n) is 17.5. The van der Waals surface area contributed by atoms with Gasteiger partial charge in [-0.2, -0.15) is 0 Å². The van der Waals surface area contributed by atoms with Crippen LogP contribution in [0.5, 0.6) is 0 Å². The largest absolute Gasteiger partial charge is 0.349 e. The second kappa shape index (κ2) is 8.69. The van der Waals surface area contributed by atoms with Crippen LogP contribution in [-0.2, 0) is 9.59 Å². The molecular formula is C24H28N4O2. The summed E-state index contributed by atoms with van der Waals surface area (Å²) in [6, 6.07) is 15.7. The molecule has 2 atom stereocenters. The maximum Gasteiger partial charge on any atom is 0.225 e. The summed E-state index contributed by atoms with van der Waals surface area (Å²) in [6.07, 6.45) is 2.22. The van der Waals surface area contributed by atoms with Crippen LogP contribution in [0, 0.1) is 6.92 Å². The van der Waals surface area contributed by atoms with Gasteiger partial charge in [0.15, 0.2) is 0 Å². The fraction of sp³-hybridized carbons (Fsp3) is 0.375. The van der Waals surface area contributed by atoms with Gasteiger partial charge in [-0.05, 0) is 37.5 Å². The van der Waals surface area contributed by atoms with Crippen LogP contribution < -0.4 is 5.32 Å². The number of aryl methyl sites for hydroxylation is 1. The molecule has 1 aromatic heterocycles. The summed E-state index contributed by atoms with van der Waals surface area (Å²) in [4.78, 5) is 34.9. The van der Waals surface area contributed by atoms with Crippen LogP contribution in [0.1, 0.15) is 55.1 Å². The topological polar surface area (TPSA) is 78.1 Å². The fourth-order valence-corrected chi connectivity index (χ4v) is 4.19. The van der Waals surface area contributed by atoms with Crippen molar-refractivity contribution in [2.75, 3.05) is 13.1 Å². The van der Waals surface area contributed by atoms with E-state index < -0.39 is 0 Å². The molecule has 156 valence electrons. The second-order valence-electron chi connectivity index (χ2n) is 8.19. The first-order valence-corrected chi connectivity index (χ1v) is 10.6. The Hall–Kier alpha value is -3.15. The van der Waals surface area contributed by atoms with Gasteiger partial charge >= 0.3 is 0 Å². The highest BCUT2D eigenvalue weighted by Crippen LogP contribution is 2.28. The maximum atomic E-state index is 13.1. The number of hydrogen-bond acceptors (Lipinski definition) is 3. The highest BCUT2D eigenvalue weighted by molar-refractivity contribution is 5.79. The molecule has 0 bridgehead atoms. The number of imidazole rings is 1. The molecule has 4 rings (SSSR count). The molecule has 2 heterocycles. The molecule has 1 saturated heterocycles. The van der Waals surface area contributed by atoms with E-state index in [2.05, 4.69) is 10.3 Å². The molecule has 2 N–H and O–H groups in total. The first kappa shape index (κ1) is 20.1. The van der Waals surface area contributed by atoms with Gasteiger partial charge in [0.25, 0.3) is 0 Å². The molecule has 1 fully saturated rings. The van der Waals surface area contributed by atoms with Crippen molar-refractivity contribution >= 4 is 22.8 Å². The van der Waals surface area contributed by atoms with E-state index >= 15 is 0 Å². The number of aromatic nitrogens is 2. The minimum atomic E-state index is -0.317. The number of piperidine rings is 1. The van der Waals surface area contributed by atoms with Crippen LogP contribution in [0.25, 0.3) is 11.0 Å². The van der Waals surface area contributed by atoms with Crippen LogP contribution in [-0.4, -0.2) is 39.8 Å². The number of rotatable bonds is 5. The number of H-pyrrole nitrogens is 1. The van der Waals surface area contributed by atoms with Gasteiger partial charge in [0.1, 0.15) is 5.82 Å². The van der Waals surface area contributed by atoms with Crippen LogP contribution >= 0.6 is 0 Å². The number of benzene rings is 2. The Labute approximate surface area is 176 Å². The number of amides is 2. The molecule has 2 amide bonds. The number of carbonyl (C=O) groups is 2. The maximum absolute atomic E-state index is 13.1. The van der Waals surface area contributed by atoms with Crippen molar-refractivity contribution in [1.82, 2.24) is 20.2 Å². The lowest BCUT2D eigenvalue weighted by Gasteiger charge is -2.33. The molecule has 6 heteroatoms. The average molecular weight is 405 g/mol.